The Hall–Kier alpha value is -1.05. The summed E-state index contributed by atoms with van der Waals surface area (Å²) in [4.78, 5) is 12.7. The molecule has 0 unspecified atom stereocenters. The molecule has 0 bridgehead atoms. The Balaban J connectivity index is 1.93. The Morgan fingerprint density at radius 1 is 1.36 bits per heavy atom. The first-order chi connectivity index (χ1) is 11.7. The Kier molecular flexibility index (Phi) is 6.56. The van der Waals surface area contributed by atoms with Gasteiger partial charge in [0.1, 0.15) is 0 Å². The van der Waals surface area contributed by atoms with Gasteiger partial charge in [-0.1, -0.05) is 19.0 Å². The summed E-state index contributed by atoms with van der Waals surface area (Å²) in [6, 6.07) is 1.68. The zero-order valence-electron chi connectivity index (χ0n) is 15.8. The molecule has 25 heavy (non-hydrogen) atoms. The number of hydrogen-bond acceptors (Lipinski definition) is 6. The highest BCUT2D eigenvalue weighted by Gasteiger charge is 2.34. The van der Waals surface area contributed by atoms with Crippen LogP contribution in [0.3, 0.4) is 0 Å². The van der Waals surface area contributed by atoms with Gasteiger partial charge >= 0.3 is 0 Å². The van der Waals surface area contributed by atoms with Gasteiger partial charge in [0, 0.05) is 23.8 Å². The lowest BCUT2D eigenvalue weighted by Gasteiger charge is -2.32. The summed E-state index contributed by atoms with van der Waals surface area (Å²) in [5.41, 5.74) is 0.116. The van der Waals surface area contributed by atoms with Gasteiger partial charge in [-0.05, 0) is 39.5 Å². The molecule has 1 aliphatic carbocycles. The molecule has 2 rings (SSSR count). The summed E-state index contributed by atoms with van der Waals surface area (Å²) in [5, 5.41) is 16.6. The number of hydrogen-bond donors (Lipinski definition) is 2. The molecule has 7 heteroatoms. The van der Waals surface area contributed by atoms with Gasteiger partial charge in [0.25, 0.3) is 0 Å². The van der Waals surface area contributed by atoms with Crippen LogP contribution in [-0.2, 0) is 14.9 Å². The van der Waals surface area contributed by atoms with E-state index in [2.05, 4.69) is 10.5 Å². The highest BCUT2D eigenvalue weighted by Crippen LogP contribution is 2.38. The van der Waals surface area contributed by atoms with E-state index in [9.17, 15) is 9.90 Å². The molecule has 0 atom stereocenters. The molecule has 1 heterocycles. The molecule has 1 fully saturated rings. The van der Waals surface area contributed by atoms with Gasteiger partial charge in [0.15, 0.2) is 0 Å². The number of carbonyl (C=O) groups is 1. The van der Waals surface area contributed by atoms with Crippen LogP contribution in [0.15, 0.2) is 10.6 Å². The van der Waals surface area contributed by atoms with Crippen molar-refractivity contribution in [1.29, 1.82) is 0 Å². The number of thioether (sulfide) groups is 1. The van der Waals surface area contributed by atoms with Crippen molar-refractivity contribution in [1.82, 2.24) is 5.16 Å². The summed E-state index contributed by atoms with van der Waals surface area (Å²) in [5.74, 6) is 0.217. The molecular formula is C18H30N2O4S. The minimum atomic E-state index is -0.565. The third kappa shape index (κ3) is 5.21. The van der Waals surface area contributed by atoms with Crippen LogP contribution in [0.4, 0.5) is 5.88 Å². The number of rotatable bonds is 7. The molecule has 0 aromatic carbocycles. The maximum Gasteiger partial charge on any atom is 0.242 e. The van der Waals surface area contributed by atoms with E-state index in [1.807, 2.05) is 27.7 Å². The van der Waals surface area contributed by atoms with Crippen LogP contribution in [0.1, 0.15) is 59.1 Å². The molecule has 0 radical (unpaired) electrons. The number of nitrogens with one attached hydrogen (secondary N) is 1. The van der Waals surface area contributed by atoms with Crippen LogP contribution in [0, 0.1) is 0 Å². The maximum absolute atomic E-state index is 12.7. The lowest BCUT2D eigenvalue weighted by Crippen LogP contribution is -2.37. The van der Waals surface area contributed by atoms with Crippen LogP contribution in [0.25, 0.3) is 0 Å². The van der Waals surface area contributed by atoms with Gasteiger partial charge in [0.05, 0.1) is 23.2 Å². The molecule has 6 nitrogen and oxygen atoms in total. The van der Waals surface area contributed by atoms with Crippen molar-refractivity contribution in [2.45, 2.75) is 74.9 Å². The van der Waals surface area contributed by atoms with Crippen LogP contribution in [-0.4, -0.2) is 46.0 Å². The predicted molar refractivity (Wildman–Crippen MR) is 100.0 cm³/mol. The number of aromatic nitrogens is 1. The highest BCUT2D eigenvalue weighted by molar-refractivity contribution is 8.02. The minimum Gasteiger partial charge on any atom is -0.395 e. The van der Waals surface area contributed by atoms with Crippen molar-refractivity contribution in [3.05, 3.63) is 11.8 Å². The van der Waals surface area contributed by atoms with Crippen LogP contribution in [0.2, 0.25) is 0 Å². The van der Waals surface area contributed by atoms with Crippen molar-refractivity contribution >= 4 is 23.6 Å². The fourth-order valence-corrected chi connectivity index (χ4v) is 4.35. The van der Waals surface area contributed by atoms with E-state index in [1.54, 1.807) is 24.9 Å². The number of nitrogens with zero attached hydrogens (tertiary/aromatic N) is 1. The lowest BCUT2D eigenvalue weighted by atomic mass is 9.91. The molecule has 0 saturated heterocycles. The Morgan fingerprint density at radius 3 is 2.56 bits per heavy atom. The average Bonchev–Trinajstić information content (AvgIpc) is 3.04. The van der Waals surface area contributed by atoms with E-state index in [-0.39, 0.29) is 12.5 Å². The molecule has 1 saturated carbocycles. The SMILES string of the molecule is CO[C@H]1CC[C@H](SC(C)(C)C(=O)Nc2cc(C(C)(C)CO)no2)CC1. The molecule has 142 valence electrons. The normalized spacial score (nSPS) is 22.0. The fourth-order valence-electron chi connectivity index (χ4n) is 2.85. The number of aliphatic hydroxyl groups excluding tert-OH is 1. The number of carbonyl (C=O) groups excluding carboxylic acids is 1. The van der Waals surface area contributed by atoms with Gasteiger partial charge in [-0.3, -0.25) is 10.1 Å². The van der Waals surface area contributed by atoms with Crippen molar-refractivity contribution in [3.63, 3.8) is 0 Å². The molecule has 2 N–H and O–H groups in total. The van der Waals surface area contributed by atoms with Crippen molar-refractivity contribution < 1.29 is 19.2 Å². The predicted octanol–water partition coefficient (Wildman–Crippen LogP) is 3.35. The standard InChI is InChI=1S/C18H30N2O4S/c1-17(2,11-21)14-10-15(24-20-14)19-16(22)18(3,4)25-13-8-6-12(23-5)7-9-13/h10,12-13,21H,6-9,11H2,1-5H3,(H,19,22)/t12-,13-. The van der Waals surface area contributed by atoms with Gasteiger partial charge in [-0.25, -0.2) is 0 Å². The first-order valence-electron chi connectivity index (χ1n) is 8.78. The third-order valence-electron chi connectivity index (χ3n) is 4.80. The monoisotopic (exact) mass is 370 g/mol. The first kappa shape index (κ1) is 20.3. The summed E-state index contributed by atoms with van der Waals surface area (Å²) in [7, 11) is 1.76. The van der Waals surface area contributed by atoms with Crippen molar-refractivity contribution in [2.24, 2.45) is 0 Å². The summed E-state index contributed by atoms with van der Waals surface area (Å²) in [6.45, 7) is 7.56. The van der Waals surface area contributed by atoms with E-state index < -0.39 is 10.2 Å². The fraction of sp³-hybridized carbons (Fsp3) is 0.778. The van der Waals surface area contributed by atoms with E-state index in [1.165, 1.54) is 0 Å². The van der Waals surface area contributed by atoms with Gasteiger partial charge in [0.2, 0.25) is 11.8 Å². The van der Waals surface area contributed by atoms with Crippen LogP contribution in [0.5, 0.6) is 0 Å². The van der Waals surface area contributed by atoms with Gasteiger partial charge < -0.3 is 14.4 Å². The second kappa shape index (κ2) is 8.10. The van der Waals surface area contributed by atoms with E-state index in [4.69, 9.17) is 9.26 Å². The number of anilines is 1. The topological polar surface area (TPSA) is 84.6 Å². The molecule has 1 aliphatic rings. The number of ether oxygens (including phenoxy) is 1. The number of aliphatic hydroxyl groups is 1. The number of amides is 1. The summed E-state index contributed by atoms with van der Waals surface area (Å²) >= 11 is 1.71. The van der Waals surface area contributed by atoms with E-state index in [0.717, 1.165) is 25.7 Å². The lowest BCUT2D eigenvalue weighted by molar-refractivity contribution is -0.117. The Morgan fingerprint density at radius 2 is 2.00 bits per heavy atom. The Labute approximate surface area is 154 Å². The molecule has 1 amide bonds. The molecule has 0 aliphatic heterocycles. The Bertz CT molecular complexity index is 577. The van der Waals surface area contributed by atoms with Crippen molar-refractivity contribution in [2.75, 3.05) is 19.0 Å². The van der Waals surface area contributed by atoms with Gasteiger partial charge in [-0.2, -0.15) is 0 Å². The summed E-state index contributed by atoms with van der Waals surface area (Å²) in [6.07, 6.45) is 4.59. The summed E-state index contributed by atoms with van der Waals surface area (Å²) < 4.78 is 10.1. The van der Waals surface area contributed by atoms with Crippen LogP contribution >= 0.6 is 11.8 Å². The molecular weight excluding hydrogens is 340 g/mol. The van der Waals surface area contributed by atoms with E-state index >= 15 is 0 Å². The second-order valence-corrected chi connectivity index (χ2v) is 9.76. The zero-order valence-corrected chi connectivity index (χ0v) is 16.6. The first-order valence-corrected chi connectivity index (χ1v) is 9.66. The zero-order chi connectivity index (χ0) is 18.7. The highest BCUT2D eigenvalue weighted by atomic mass is 32.2. The average molecular weight is 371 g/mol. The van der Waals surface area contributed by atoms with Crippen LogP contribution < -0.4 is 5.32 Å². The molecule has 1 aromatic rings. The second-order valence-electron chi connectivity index (χ2n) is 7.84. The van der Waals surface area contributed by atoms with Crippen molar-refractivity contribution in [3.8, 4) is 0 Å². The quantitative estimate of drug-likeness (QED) is 0.766. The molecule has 0 spiro atoms. The van der Waals surface area contributed by atoms with Gasteiger partial charge in [-0.15, -0.1) is 11.8 Å². The third-order valence-corrected chi connectivity index (χ3v) is 6.38. The maximum atomic E-state index is 12.7. The molecule has 1 aromatic heterocycles. The smallest absolute Gasteiger partial charge is 0.242 e. The van der Waals surface area contributed by atoms with E-state index in [0.29, 0.717) is 22.9 Å². The minimum absolute atomic E-state index is 0.0432. The number of methoxy groups -OCH3 is 1. The largest absolute Gasteiger partial charge is 0.395 e.